The van der Waals surface area contributed by atoms with Crippen molar-refractivity contribution in [1.82, 2.24) is 0 Å². The minimum atomic E-state index is -0.788. The lowest BCUT2D eigenvalue weighted by atomic mass is 10.0. The van der Waals surface area contributed by atoms with E-state index in [2.05, 4.69) is 69.4 Å². The molecule has 0 rings (SSSR count). The molecule has 6 heteroatoms. The maximum Gasteiger partial charge on any atom is 0.306 e. The average Bonchev–Trinajstić information content (AvgIpc) is 3.29. The molecule has 64 heavy (non-hydrogen) atoms. The fraction of sp³-hybridized carbons (Fsp3) is 0.810. The summed E-state index contributed by atoms with van der Waals surface area (Å²) < 4.78 is 16.8. The molecule has 1 atom stereocenters. The van der Waals surface area contributed by atoms with Gasteiger partial charge in [-0.15, -0.1) is 0 Å². The number of esters is 3. The van der Waals surface area contributed by atoms with Gasteiger partial charge in [-0.05, 0) is 77.0 Å². The van der Waals surface area contributed by atoms with Crippen LogP contribution in [0.25, 0.3) is 0 Å². The molecule has 0 bridgehead atoms. The van der Waals surface area contributed by atoms with Gasteiger partial charge in [-0.1, -0.05) is 236 Å². The first-order chi connectivity index (χ1) is 31.5. The summed E-state index contributed by atoms with van der Waals surface area (Å²) in [6, 6.07) is 0. The van der Waals surface area contributed by atoms with Gasteiger partial charge in [0.05, 0.1) is 0 Å². The third kappa shape index (κ3) is 50.4. The van der Waals surface area contributed by atoms with Crippen molar-refractivity contribution in [3.8, 4) is 0 Å². The molecule has 0 aromatic carbocycles. The summed E-state index contributed by atoms with van der Waals surface area (Å²) in [7, 11) is 0. The van der Waals surface area contributed by atoms with Gasteiger partial charge in [0.25, 0.3) is 0 Å². The Hall–Kier alpha value is -2.63. The van der Waals surface area contributed by atoms with Crippen molar-refractivity contribution in [2.24, 2.45) is 0 Å². The Morgan fingerprint density at radius 2 is 0.609 bits per heavy atom. The van der Waals surface area contributed by atoms with E-state index < -0.39 is 6.10 Å². The van der Waals surface area contributed by atoms with Gasteiger partial charge in [0.2, 0.25) is 0 Å². The summed E-state index contributed by atoms with van der Waals surface area (Å²) in [5.74, 6) is -0.913. The molecular formula is C58H104O6. The standard InChI is InChI=1S/C58H104O6/c1-4-7-10-13-16-19-22-25-26-27-28-29-30-31-34-36-39-42-45-48-51-57(60)63-54-55(64-58(61)52-49-46-43-40-37-33-24-21-18-15-12-9-6-3)53-62-56(59)50-47-44-41-38-35-32-23-20-17-14-11-8-5-2/h9,12,18,20-21,23,33,37,55H,4-8,10-11,13-17,19,22,24-32,34-36,38-54H2,1-3H3/b12-9-,21-18-,23-20-,37-33-. The molecule has 0 aromatic heterocycles. The molecule has 0 fully saturated rings. The minimum absolute atomic E-state index is 0.0850. The van der Waals surface area contributed by atoms with Crippen molar-refractivity contribution in [1.29, 1.82) is 0 Å². The zero-order chi connectivity index (χ0) is 46.5. The van der Waals surface area contributed by atoms with E-state index in [9.17, 15) is 14.4 Å². The van der Waals surface area contributed by atoms with Crippen molar-refractivity contribution in [2.75, 3.05) is 13.2 Å². The molecule has 6 nitrogen and oxygen atoms in total. The second kappa shape index (κ2) is 53.0. The predicted molar refractivity (Wildman–Crippen MR) is 275 cm³/mol. The summed E-state index contributed by atoms with van der Waals surface area (Å²) in [4.78, 5) is 38.0. The Bertz CT molecular complexity index is 1120. The van der Waals surface area contributed by atoms with E-state index in [1.54, 1.807) is 0 Å². The zero-order valence-electron chi connectivity index (χ0n) is 42.6. The first-order valence-electron chi connectivity index (χ1n) is 27.6. The Morgan fingerprint density at radius 1 is 0.328 bits per heavy atom. The van der Waals surface area contributed by atoms with Crippen LogP contribution in [0.2, 0.25) is 0 Å². The monoisotopic (exact) mass is 897 g/mol. The molecule has 0 saturated heterocycles. The van der Waals surface area contributed by atoms with Crippen LogP contribution in [-0.2, 0) is 28.6 Å². The maximum atomic E-state index is 12.8. The SMILES string of the molecule is CC/C=C\C/C=C\C/C=C\CCCCCC(=O)OC(COC(=O)CCCCCCC/C=C\CCCCCC)COC(=O)CCCCCCCCCCCCCCCCCCCCCC. The first kappa shape index (κ1) is 61.4. The van der Waals surface area contributed by atoms with Crippen LogP contribution in [0.3, 0.4) is 0 Å². The molecule has 0 amide bonds. The summed E-state index contributed by atoms with van der Waals surface area (Å²) in [5, 5.41) is 0. The van der Waals surface area contributed by atoms with Crippen LogP contribution in [0, 0.1) is 0 Å². The smallest absolute Gasteiger partial charge is 0.306 e. The lowest BCUT2D eigenvalue weighted by Crippen LogP contribution is -2.30. The van der Waals surface area contributed by atoms with Gasteiger partial charge >= 0.3 is 17.9 Å². The van der Waals surface area contributed by atoms with Crippen molar-refractivity contribution >= 4 is 17.9 Å². The zero-order valence-corrected chi connectivity index (χ0v) is 42.6. The highest BCUT2D eigenvalue weighted by Gasteiger charge is 2.19. The number of ether oxygens (including phenoxy) is 3. The molecule has 0 heterocycles. The Labute approximate surface area is 397 Å². The van der Waals surface area contributed by atoms with Gasteiger partial charge in [0, 0.05) is 19.3 Å². The van der Waals surface area contributed by atoms with E-state index in [0.717, 1.165) is 89.9 Å². The first-order valence-corrected chi connectivity index (χ1v) is 27.6. The van der Waals surface area contributed by atoms with Crippen molar-refractivity contribution < 1.29 is 28.6 Å². The fourth-order valence-electron chi connectivity index (χ4n) is 7.92. The second-order valence-electron chi connectivity index (χ2n) is 18.5. The van der Waals surface area contributed by atoms with E-state index in [0.29, 0.717) is 19.3 Å². The topological polar surface area (TPSA) is 78.9 Å². The number of allylic oxidation sites excluding steroid dienone is 8. The molecule has 1 unspecified atom stereocenters. The van der Waals surface area contributed by atoms with Crippen molar-refractivity contribution in [3.63, 3.8) is 0 Å². The second-order valence-corrected chi connectivity index (χ2v) is 18.5. The number of carbonyl (C=O) groups excluding carboxylic acids is 3. The maximum absolute atomic E-state index is 12.8. The summed E-state index contributed by atoms with van der Waals surface area (Å²) in [5.41, 5.74) is 0. The molecular weight excluding hydrogens is 793 g/mol. The molecule has 0 aliphatic heterocycles. The highest BCUT2D eigenvalue weighted by molar-refractivity contribution is 5.71. The van der Waals surface area contributed by atoms with Crippen molar-refractivity contribution in [3.05, 3.63) is 48.6 Å². The normalized spacial score (nSPS) is 12.4. The molecule has 0 aliphatic rings. The van der Waals surface area contributed by atoms with Gasteiger partial charge in [0.15, 0.2) is 6.10 Å². The summed E-state index contributed by atoms with van der Waals surface area (Å²) in [6.07, 6.45) is 63.9. The number of carbonyl (C=O) groups is 3. The fourth-order valence-corrected chi connectivity index (χ4v) is 7.92. The molecule has 0 aliphatic carbocycles. The van der Waals surface area contributed by atoms with Gasteiger partial charge in [-0.3, -0.25) is 14.4 Å². The van der Waals surface area contributed by atoms with E-state index in [1.165, 1.54) is 154 Å². The Morgan fingerprint density at radius 3 is 1.00 bits per heavy atom. The van der Waals surface area contributed by atoms with Crippen LogP contribution in [-0.4, -0.2) is 37.2 Å². The van der Waals surface area contributed by atoms with E-state index in [4.69, 9.17) is 14.2 Å². The lowest BCUT2D eigenvalue weighted by Gasteiger charge is -2.18. The highest BCUT2D eigenvalue weighted by Crippen LogP contribution is 2.16. The predicted octanol–water partition coefficient (Wildman–Crippen LogP) is 18.3. The quantitative estimate of drug-likeness (QED) is 0.0262. The third-order valence-electron chi connectivity index (χ3n) is 12.1. The molecule has 372 valence electrons. The van der Waals surface area contributed by atoms with E-state index >= 15 is 0 Å². The van der Waals surface area contributed by atoms with Crippen LogP contribution in [0.5, 0.6) is 0 Å². The largest absolute Gasteiger partial charge is 0.462 e. The Kier molecular flexibility index (Phi) is 50.8. The lowest BCUT2D eigenvalue weighted by molar-refractivity contribution is -0.167. The van der Waals surface area contributed by atoms with Crippen LogP contribution in [0.1, 0.15) is 284 Å². The molecule has 0 radical (unpaired) electrons. The van der Waals surface area contributed by atoms with Crippen LogP contribution in [0.15, 0.2) is 48.6 Å². The molecule has 0 saturated carbocycles. The minimum Gasteiger partial charge on any atom is -0.462 e. The van der Waals surface area contributed by atoms with Crippen LogP contribution >= 0.6 is 0 Å². The summed E-state index contributed by atoms with van der Waals surface area (Å²) in [6.45, 7) is 6.51. The highest BCUT2D eigenvalue weighted by atomic mass is 16.6. The number of hydrogen-bond acceptors (Lipinski definition) is 6. The van der Waals surface area contributed by atoms with E-state index in [-0.39, 0.29) is 31.1 Å². The average molecular weight is 897 g/mol. The van der Waals surface area contributed by atoms with Gasteiger partial charge in [0.1, 0.15) is 13.2 Å². The number of hydrogen-bond donors (Lipinski definition) is 0. The van der Waals surface area contributed by atoms with Crippen LogP contribution in [0.4, 0.5) is 0 Å². The molecule has 0 spiro atoms. The van der Waals surface area contributed by atoms with Gasteiger partial charge < -0.3 is 14.2 Å². The van der Waals surface area contributed by atoms with Gasteiger partial charge in [-0.25, -0.2) is 0 Å². The summed E-state index contributed by atoms with van der Waals surface area (Å²) >= 11 is 0. The van der Waals surface area contributed by atoms with Crippen molar-refractivity contribution in [2.45, 2.75) is 290 Å². The van der Waals surface area contributed by atoms with Gasteiger partial charge in [-0.2, -0.15) is 0 Å². The Balaban J connectivity index is 4.32. The van der Waals surface area contributed by atoms with E-state index in [1.807, 2.05) is 0 Å². The number of unbranched alkanes of at least 4 members (excludes halogenated alkanes) is 31. The molecule has 0 aromatic rings. The molecule has 0 N–H and O–H groups in total. The third-order valence-corrected chi connectivity index (χ3v) is 12.1. The number of rotatable bonds is 50. The van der Waals surface area contributed by atoms with Crippen LogP contribution < -0.4 is 0 Å².